The van der Waals surface area contributed by atoms with Gasteiger partial charge in [0.25, 0.3) is 5.91 Å². The fraction of sp³-hybridized carbons (Fsp3) is 0.350. The molecule has 1 fully saturated rings. The second-order valence-corrected chi connectivity index (χ2v) is 9.22. The fourth-order valence-corrected chi connectivity index (χ4v) is 5.39. The number of hydrogen-bond donors (Lipinski definition) is 0. The van der Waals surface area contributed by atoms with Gasteiger partial charge < -0.3 is 4.90 Å². The Morgan fingerprint density at radius 1 is 1.07 bits per heavy atom. The molecule has 1 aromatic carbocycles. The highest BCUT2D eigenvalue weighted by atomic mass is 32.2. The number of aromatic nitrogens is 3. The van der Waals surface area contributed by atoms with E-state index in [0.717, 1.165) is 11.1 Å². The predicted octanol–water partition coefficient (Wildman–Crippen LogP) is 1.80. The van der Waals surface area contributed by atoms with Crippen LogP contribution in [0.25, 0.3) is 5.65 Å². The molecule has 0 aliphatic carbocycles. The minimum atomic E-state index is -3.59. The highest BCUT2D eigenvalue weighted by Gasteiger charge is 2.32. The molecule has 4 rings (SSSR count). The molecule has 152 valence electrons. The van der Waals surface area contributed by atoms with Crippen LogP contribution in [0.5, 0.6) is 0 Å². The number of aryl methyl sites for hydroxylation is 3. The third-order valence-corrected chi connectivity index (χ3v) is 7.31. The molecule has 0 bridgehead atoms. The lowest BCUT2D eigenvalue weighted by Crippen LogP contribution is -2.50. The van der Waals surface area contributed by atoms with Crippen molar-refractivity contribution < 1.29 is 13.2 Å². The Kier molecular flexibility index (Phi) is 4.87. The molecular weight excluding hydrogens is 390 g/mol. The number of benzene rings is 1. The molecule has 3 heterocycles. The lowest BCUT2D eigenvalue weighted by atomic mass is 10.2. The average Bonchev–Trinajstić information content (AvgIpc) is 3.05. The van der Waals surface area contributed by atoms with Gasteiger partial charge in [-0.2, -0.15) is 9.40 Å². The Morgan fingerprint density at radius 3 is 2.52 bits per heavy atom. The van der Waals surface area contributed by atoms with Gasteiger partial charge in [-0.1, -0.05) is 12.1 Å². The number of nitrogens with zero attached hydrogens (tertiary/aromatic N) is 5. The number of carbonyl (C=O) groups excluding carboxylic acids is 1. The van der Waals surface area contributed by atoms with Crippen molar-refractivity contribution in [2.45, 2.75) is 25.7 Å². The van der Waals surface area contributed by atoms with Gasteiger partial charge in [0, 0.05) is 38.6 Å². The smallest absolute Gasteiger partial charge is 0.259 e. The number of rotatable bonds is 3. The summed E-state index contributed by atoms with van der Waals surface area (Å²) in [5.41, 5.74) is 3.22. The topological polar surface area (TPSA) is 87.9 Å². The van der Waals surface area contributed by atoms with Crippen LogP contribution in [0.2, 0.25) is 0 Å². The summed E-state index contributed by atoms with van der Waals surface area (Å²) in [6.45, 7) is 6.62. The Balaban J connectivity index is 1.54. The number of hydrogen-bond acceptors (Lipinski definition) is 5. The van der Waals surface area contributed by atoms with E-state index in [2.05, 4.69) is 10.1 Å². The average molecular weight is 414 g/mol. The zero-order valence-electron chi connectivity index (χ0n) is 16.7. The minimum absolute atomic E-state index is 0.167. The van der Waals surface area contributed by atoms with Crippen molar-refractivity contribution in [3.8, 4) is 0 Å². The molecule has 0 radical (unpaired) electrons. The van der Waals surface area contributed by atoms with Crippen LogP contribution >= 0.6 is 0 Å². The molecule has 2 aromatic heterocycles. The lowest BCUT2D eigenvalue weighted by Gasteiger charge is -2.34. The quantitative estimate of drug-likeness (QED) is 0.653. The van der Waals surface area contributed by atoms with Gasteiger partial charge in [0.2, 0.25) is 10.0 Å². The van der Waals surface area contributed by atoms with Crippen molar-refractivity contribution in [1.82, 2.24) is 23.8 Å². The zero-order chi connectivity index (χ0) is 20.8. The van der Waals surface area contributed by atoms with E-state index in [1.807, 2.05) is 19.1 Å². The van der Waals surface area contributed by atoms with Gasteiger partial charge in [-0.25, -0.2) is 17.9 Å². The molecule has 3 aromatic rings. The molecule has 0 N–H and O–H groups in total. The summed E-state index contributed by atoms with van der Waals surface area (Å²) in [4.78, 5) is 19.4. The molecule has 0 saturated carbocycles. The molecule has 9 heteroatoms. The molecule has 29 heavy (non-hydrogen) atoms. The Bertz CT molecular complexity index is 1190. The summed E-state index contributed by atoms with van der Waals surface area (Å²) < 4.78 is 29.2. The molecule has 1 amide bonds. The van der Waals surface area contributed by atoms with Gasteiger partial charge in [-0.05, 0) is 44.0 Å². The third-order valence-electron chi connectivity index (χ3n) is 5.27. The number of fused-ring (bicyclic) bond motifs is 1. The maximum atomic E-state index is 13.1. The first-order valence-corrected chi connectivity index (χ1v) is 10.9. The van der Waals surface area contributed by atoms with Gasteiger partial charge in [-0.15, -0.1) is 0 Å². The maximum Gasteiger partial charge on any atom is 0.259 e. The Hall–Kier alpha value is -2.78. The molecule has 0 spiro atoms. The first-order chi connectivity index (χ1) is 13.8. The van der Waals surface area contributed by atoms with E-state index in [4.69, 9.17) is 0 Å². The number of piperazine rings is 1. The summed E-state index contributed by atoms with van der Waals surface area (Å²) in [6, 6.07) is 7.18. The molecule has 1 aliphatic heterocycles. The van der Waals surface area contributed by atoms with Crippen molar-refractivity contribution in [3.63, 3.8) is 0 Å². The van der Waals surface area contributed by atoms with Crippen LogP contribution in [0.4, 0.5) is 0 Å². The molecule has 0 unspecified atom stereocenters. The number of sulfonamides is 1. The standard InChI is InChI=1S/C20H23N5O3S/c1-14-5-6-15(2)17(13-14)29(27,28)24-11-9-23(10-12-24)20(26)18-16(3)22-25-8-4-7-21-19(18)25/h4-8,13H,9-12H2,1-3H3. The third kappa shape index (κ3) is 3.40. The zero-order valence-corrected chi connectivity index (χ0v) is 17.5. The maximum absolute atomic E-state index is 13.1. The van der Waals surface area contributed by atoms with Crippen LogP contribution in [-0.2, 0) is 10.0 Å². The van der Waals surface area contributed by atoms with E-state index >= 15 is 0 Å². The monoisotopic (exact) mass is 413 g/mol. The normalized spacial score (nSPS) is 15.8. The second-order valence-electron chi connectivity index (χ2n) is 7.31. The molecule has 1 aliphatic rings. The molecular formula is C20H23N5O3S. The molecule has 1 saturated heterocycles. The largest absolute Gasteiger partial charge is 0.336 e. The van der Waals surface area contributed by atoms with Crippen molar-refractivity contribution >= 4 is 21.6 Å². The van der Waals surface area contributed by atoms with Crippen molar-refractivity contribution in [2.24, 2.45) is 0 Å². The van der Waals surface area contributed by atoms with Gasteiger partial charge in [0.1, 0.15) is 5.56 Å². The van der Waals surface area contributed by atoms with E-state index in [1.165, 1.54) is 4.31 Å². The van der Waals surface area contributed by atoms with E-state index in [0.29, 0.717) is 34.9 Å². The SMILES string of the molecule is Cc1ccc(C)c(S(=O)(=O)N2CCN(C(=O)c3c(C)nn4cccnc34)CC2)c1. The van der Waals surface area contributed by atoms with Crippen LogP contribution < -0.4 is 0 Å². The fourth-order valence-electron chi connectivity index (χ4n) is 3.66. The first kappa shape index (κ1) is 19.5. The Labute approximate surface area is 169 Å². The van der Waals surface area contributed by atoms with Crippen molar-refractivity contribution in [1.29, 1.82) is 0 Å². The van der Waals surface area contributed by atoms with Gasteiger partial charge in [0.15, 0.2) is 5.65 Å². The summed E-state index contributed by atoms with van der Waals surface area (Å²) in [5.74, 6) is -0.167. The van der Waals surface area contributed by atoms with Crippen LogP contribution in [-0.4, -0.2) is 64.3 Å². The van der Waals surface area contributed by atoms with Crippen LogP contribution in [0.1, 0.15) is 27.2 Å². The van der Waals surface area contributed by atoms with E-state index in [1.54, 1.807) is 47.8 Å². The predicted molar refractivity (Wildman–Crippen MR) is 108 cm³/mol. The van der Waals surface area contributed by atoms with Crippen LogP contribution in [0.3, 0.4) is 0 Å². The molecule has 8 nitrogen and oxygen atoms in total. The highest BCUT2D eigenvalue weighted by Crippen LogP contribution is 2.23. The molecule has 0 atom stereocenters. The summed E-state index contributed by atoms with van der Waals surface area (Å²) in [7, 11) is -3.59. The first-order valence-electron chi connectivity index (χ1n) is 9.45. The summed E-state index contributed by atoms with van der Waals surface area (Å²) >= 11 is 0. The number of amides is 1. The van der Waals surface area contributed by atoms with Crippen molar-refractivity contribution in [2.75, 3.05) is 26.2 Å². The number of carbonyl (C=O) groups is 1. The van der Waals surface area contributed by atoms with E-state index in [-0.39, 0.29) is 19.0 Å². The highest BCUT2D eigenvalue weighted by molar-refractivity contribution is 7.89. The van der Waals surface area contributed by atoms with E-state index < -0.39 is 10.0 Å². The van der Waals surface area contributed by atoms with E-state index in [9.17, 15) is 13.2 Å². The lowest BCUT2D eigenvalue weighted by molar-refractivity contribution is 0.0699. The van der Waals surface area contributed by atoms with Gasteiger partial charge in [-0.3, -0.25) is 4.79 Å². The van der Waals surface area contributed by atoms with Crippen LogP contribution in [0.15, 0.2) is 41.6 Å². The second kappa shape index (κ2) is 7.23. The summed E-state index contributed by atoms with van der Waals surface area (Å²) in [5, 5.41) is 4.34. The minimum Gasteiger partial charge on any atom is -0.336 e. The van der Waals surface area contributed by atoms with Crippen molar-refractivity contribution in [3.05, 3.63) is 59.0 Å². The van der Waals surface area contributed by atoms with Gasteiger partial charge >= 0.3 is 0 Å². The Morgan fingerprint density at radius 2 is 1.79 bits per heavy atom. The summed E-state index contributed by atoms with van der Waals surface area (Å²) in [6.07, 6.45) is 3.38. The van der Waals surface area contributed by atoms with Crippen LogP contribution in [0, 0.1) is 20.8 Å². The van der Waals surface area contributed by atoms with Gasteiger partial charge in [0.05, 0.1) is 10.6 Å².